The second-order valence-electron chi connectivity index (χ2n) is 10.5. The van der Waals surface area contributed by atoms with Crippen LogP contribution in [0.4, 0.5) is 5.69 Å². The zero-order valence-corrected chi connectivity index (χ0v) is 24.6. The van der Waals surface area contributed by atoms with Crippen molar-refractivity contribution in [1.29, 1.82) is 0 Å². The summed E-state index contributed by atoms with van der Waals surface area (Å²) in [5, 5.41) is 2.65. The minimum Gasteiger partial charge on any atom is -0.492 e. The molecule has 1 aromatic heterocycles. The van der Waals surface area contributed by atoms with Crippen molar-refractivity contribution in [1.82, 2.24) is 9.88 Å². The fraction of sp³-hybridized carbons (Fsp3) is 0.265. The van der Waals surface area contributed by atoms with Crippen LogP contribution in [0.1, 0.15) is 34.5 Å². The molecule has 2 heterocycles. The largest absolute Gasteiger partial charge is 0.492 e. The molecule has 212 valence electrons. The van der Waals surface area contributed by atoms with E-state index < -0.39 is 0 Å². The number of nitrogens with zero attached hydrogens (tertiary/aromatic N) is 2. The topological polar surface area (TPSA) is 57.8 Å². The molecule has 0 saturated carbocycles. The first kappa shape index (κ1) is 28.5. The number of hydrogen-bond donors (Lipinski definition) is 1. The maximum atomic E-state index is 14.0. The summed E-state index contributed by atoms with van der Waals surface area (Å²) < 4.78 is 12.2. The normalized spacial score (nSPS) is 15.3. The lowest BCUT2D eigenvalue weighted by Gasteiger charge is -2.18. The van der Waals surface area contributed by atoms with Crippen molar-refractivity contribution in [3.8, 4) is 11.5 Å². The Morgan fingerprint density at radius 2 is 1.95 bits per heavy atom. The number of hydrogen-bond acceptors (Lipinski definition) is 4. The monoisotopic (exact) mass is 569 g/mol. The van der Waals surface area contributed by atoms with Crippen LogP contribution < -0.4 is 24.8 Å². The van der Waals surface area contributed by atoms with Crippen molar-refractivity contribution in [2.45, 2.75) is 19.4 Å². The van der Waals surface area contributed by atoms with Gasteiger partial charge in [0.05, 0.1) is 5.69 Å². The Kier molecular flexibility index (Phi) is 8.81. The lowest BCUT2D eigenvalue weighted by Crippen LogP contribution is -2.31. The van der Waals surface area contributed by atoms with Gasteiger partial charge in [-0.3, -0.25) is 4.79 Å². The lowest BCUT2D eigenvalue weighted by molar-refractivity contribution is 0.0984. The number of likely N-dealkylation sites (N-methyl/N-ethyl adjacent to an activating group) is 1. The molecule has 1 aliphatic heterocycles. The van der Waals surface area contributed by atoms with E-state index in [0.717, 1.165) is 50.4 Å². The molecular formula is C34H36ClN3O3. The number of H-pyrrole nitrogens is 1. The summed E-state index contributed by atoms with van der Waals surface area (Å²) >= 11 is 6.49. The molecule has 0 saturated heterocycles. The third-order valence-electron chi connectivity index (χ3n) is 7.31. The van der Waals surface area contributed by atoms with E-state index in [4.69, 9.17) is 21.1 Å². The molecule has 4 aromatic rings. The highest BCUT2D eigenvalue weighted by Crippen LogP contribution is 2.37. The first-order valence-corrected chi connectivity index (χ1v) is 14.4. The molecule has 7 heteroatoms. The van der Waals surface area contributed by atoms with Gasteiger partial charge in [-0.25, -0.2) is 0 Å². The fourth-order valence-corrected chi connectivity index (χ4v) is 5.41. The maximum absolute atomic E-state index is 14.0. The van der Waals surface area contributed by atoms with E-state index in [2.05, 4.69) is 16.5 Å². The van der Waals surface area contributed by atoms with Gasteiger partial charge in [-0.15, -0.1) is 11.6 Å². The number of rotatable bonds is 10. The third-order valence-corrected chi connectivity index (χ3v) is 7.68. The number of aromatic nitrogens is 1. The van der Waals surface area contributed by atoms with E-state index in [0.29, 0.717) is 37.1 Å². The molecule has 0 fully saturated rings. The standard InChI is InChI=1S/C34H36ClN3O3/c1-5-6-12-28-23(2)32(41-22-24-10-8-7-9-11-24)19-31-33(28)26(20-35)21-38(31)34(39)30-18-25-17-27(13-14-29(25)36-30)40-16-15-37(3)4/h5-14,17-19,26,36H,2,15-16,20-22H2,1,3-4H3/b6-5-,28-12+. The van der Waals surface area contributed by atoms with Crippen LogP contribution in [-0.2, 0) is 6.61 Å². The Hall–Kier alpha value is -4.00. The minimum absolute atomic E-state index is 0.0307. The molecule has 5 rings (SSSR count). The average Bonchev–Trinajstić information content (AvgIpc) is 3.57. The Morgan fingerprint density at radius 1 is 1.15 bits per heavy atom. The summed E-state index contributed by atoms with van der Waals surface area (Å²) in [6.07, 6.45) is 5.99. The second-order valence-corrected chi connectivity index (χ2v) is 10.8. The van der Waals surface area contributed by atoms with Crippen LogP contribution in [-0.4, -0.2) is 55.5 Å². The van der Waals surface area contributed by atoms with Gasteiger partial charge in [0.15, 0.2) is 0 Å². The third kappa shape index (κ3) is 6.19. The zero-order chi connectivity index (χ0) is 28.9. The molecule has 6 nitrogen and oxygen atoms in total. The van der Waals surface area contributed by atoms with E-state index in [9.17, 15) is 4.79 Å². The molecule has 0 aliphatic carbocycles. The number of allylic oxidation sites excluding steroid dienone is 2. The van der Waals surface area contributed by atoms with Crippen molar-refractivity contribution in [3.63, 3.8) is 0 Å². The molecule has 1 atom stereocenters. The van der Waals surface area contributed by atoms with Gasteiger partial charge in [-0.05, 0) is 61.6 Å². The SMILES string of the molecule is C=c1c(OCc2ccccc2)cc2c(/c1=C/C=C\C)C(CCl)CN2C(=O)c1cc2cc(OCCN(C)C)ccc2[nH]1. The number of carbonyl (C=O) groups excluding carboxylic acids is 1. The van der Waals surface area contributed by atoms with E-state index >= 15 is 0 Å². The van der Waals surface area contributed by atoms with Gasteiger partial charge >= 0.3 is 0 Å². The average molecular weight is 570 g/mol. The number of benzene rings is 3. The number of fused-ring (bicyclic) bond motifs is 2. The first-order chi connectivity index (χ1) is 19.9. The van der Waals surface area contributed by atoms with E-state index in [1.54, 1.807) is 0 Å². The van der Waals surface area contributed by atoms with Gasteiger partial charge in [-0.1, -0.05) is 55.1 Å². The van der Waals surface area contributed by atoms with Crippen molar-refractivity contribution in [2.24, 2.45) is 0 Å². The predicted octanol–water partition coefficient (Wildman–Crippen LogP) is 5.44. The maximum Gasteiger partial charge on any atom is 0.274 e. The summed E-state index contributed by atoms with van der Waals surface area (Å²) in [6, 6.07) is 19.7. The van der Waals surface area contributed by atoms with Crippen LogP contribution in [0.5, 0.6) is 11.5 Å². The Labute approximate surface area is 246 Å². The van der Waals surface area contributed by atoms with Gasteiger partial charge < -0.3 is 24.3 Å². The predicted molar refractivity (Wildman–Crippen MR) is 169 cm³/mol. The van der Waals surface area contributed by atoms with Gasteiger partial charge in [0.2, 0.25) is 0 Å². The summed E-state index contributed by atoms with van der Waals surface area (Å²) in [5.41, 5.74) is 4.27. The van der Waals surface area contributed by atoms with E-state index in [1.165, 1.54) is 0 Å². The van der Waals surface area contributed by atoms with Gasteiger partial charge in [0.25, 0.3) is 5.91 Å². The van der Waals surface area contributed by atoms with Gasteiger partial charge in [0.1, 0.15) is 30.4 Å². The fourth-order valence-electron chi connectivity index (χ4n) is 5.16. The molecule has 1 unspecified atom stereocenters. The summed E-state index contributed by atoms with van der Waals surface area (Å²) in [5.74, 6) is 1.66. The summed E-state index contributed by atoms with van der Waals surface area (Å²) in [4.78, 5) is 21.2. The molecule has 3 aromatic carbocycles. The Balaban J connectivity index is 1.50. The number of aromatic amines is 1. The highest BCUT2D eigenvalue weighted by molar-refractivity contribution is 6.19. The molecule has 1 aliphatic rings. The van der Waals surface area contributed by atoms with Crippen LogP contribution in [0, 0.1) is 0 Å². The quantitative estimate of drug-likeness (QED) is 0.259. The molecule has 0 bridgehead atoms. The number of alkyl halides is 1. The first-order valence-electron chi connectivity index (χ1n) is 13.8. The summed E-state index contributed by atoms with van der Waals surface area (Å²) in [7, 11) is 4.03. The summed E-state index contributed by atoms with van der Waals surface area (Å²) in [6.45, 7) is 8.64. The molecule has 1 amide bonds. The number of amides is 1. The molecular weight excluding hydrogens is 534 g/mol. The number of carbonyl (C=O) groups is 1. The van der Waals surface area contributed by atoms with Crippen LogP contribution in [0.25, 0.3) is 23.6 Å². The molecule has 41 heavy (non-hydrogen) atoms. The second kappa shape index (κ2) is 12.7. The number of anilines is 1. The van der Waals surface area contributed by atoms with Crippen LogP contribution in [0.15, 0.2) is 72.8 Å². The van der Waals surface area contributed by atoms with Gasteiger partial charge in [0, 0.05) is 47.1 Å². The smallest absolute Gasteiger partial charge is 0.274 e. The number of nitrogens with one attached hydrogen (secondary N) is 1. The Morgan fingerprint density at radius 3 is 2.68 bits per heavy atom. The van der Waals surface area contributed by atoms with E-state index in [1.807, 2.05) is 105 Å². The highest BCUT2D eigenvalue weighted by Gasteiger charge is 2.35. The van der Waals surface area contributed by atoms with Crippen molar-refractivity contribution < 1.29 is 14.3 Å². The van der Waals surface area contributed by atoms with E-state index in [-0.39, 0.29) is 11.8 Å². The van der Waals surface area contributed by atoms with Gasteiger partial charge in [-0.2, -0.15) is 0 Å². The minimum atomic E-state index is -0.118. The highest BCUT2D eigenvalue weighted by atomic mass is 35.5. The Bertz CT molecular complexity index is 1680. The molecule has 0 radical (unpaired) electrons. The van der Waals surface area contributed by atoms with Crippen molar-refractivity contribution >= 4 is 46.8 Å². The zero-order valence-electron chi connectivity index (χ0n) is 23.8. The number of ether oxygens (including phenoxy) is 2. The number of halogens is 1. The lowest BCUT2D eigenvalue weighted by atomic mass is 9.98. The van der Waals surface area contributed by atoms with Crippen LogP contribution in [0.3, 0.4) is 0 Å². The van der Waals surface area contributed by atoms with Crippen LogP contribution >= 0.6 is 11.6 Å². The van der Waals surface area contributed by atoms with Crippen LogP contribution in [0.2, 0.25) is 0 Å². The van der Waals surface area contributed by atoms with Crippen molar-refractivity contribution in [2.75, 3.05) is 44.6 Å². The molecule has 0 spiro atoms. The van der Waals surface area contributed by atoms with Crippen molar-refractivity contribution in [3.05, 3.63) is 100 Å². The molecule has 1 N–H and O–H groups in total.